The van der Waals surface area contributed by atoms with Crippen molar-refractivity contribution in [1.29, 1.82) is 0 Å². The van der Waals surface area contributed by atoms with Crippen LogP contribution in [0.5, 0.6) is 0 Å². The molecule has 5 nitrogen and oxygen atoms in total. The van der Waals surface area contributed by atoms with Gasteiger partial charge in [0.15, 0.2) is 0 Å². The van der Waals surface area contributed by atoms with Gasteiger partial charge < -0.3 is 15.3 Å². The average Bonchev–Trinajstić information content (AvgIpc) is 2.67. The van der Waals surface area contributed by atoms with Crippen molar-refractivity contribution in [2.24, 2.45) is 0 Å². The molecule has 1 saturated heterocycles. The Morgan fingerprint density at radius 1 is 1.57 bits per heavy atom. The van der Waals surface area contributed by atoms with Gasteiger partial charge in [-0.3, -0.25) is 4.79 Å². The van der Waals surface area contributed by atoms with Crippen molar-refractivity contribution in [1.82, 2.24) is 10.2 Å². The summed E-state index contributed by atoms with van der Waals surface area (Å²) in [5.41, 5.74) is 0. The molecule has 5 heteroatoms. The summed E-state index contributed by atoms with van der Waals surface area (Å²) in [4.78, 5) is 23.6. The van der Waals surface area contributed by atoms with Crippen molar-refractivity contribution >= 4 is 11.9 Å². The highest BCUT2D eigenvalue weighted by Crippen LogP contribution is 2.09. The Hall–Kier alpha value is -1.10. The predicted molar refractivity (Wildman–Crippen MR) is 50.9 cm³/mol. The standard InChI is InChI=1S/C9H16N2O3/c1-6(9(13)14)11(2)8(12)7-4-3-5-10-7/h6-7,10H,3-5H2,1-2H3,(H,13,14). The van der Waals surface area contributed by atoms with Crippen LogP contribution in [0.25, 0.3) is 0 Å². The van der Waals surface area contributed by atoms with E-state index in [2.05, 4.69) is 5.32 Å². The van der Waals surface area contributed by atoms with Crippen LogP contribution in [-0.2, 0) is 9.59 Å². The van der Waals surface area contributed by atoms with Crippen molar-refractivity contribution in [2.45, 2.75) is 31.8 Å². The molecular formula is C9H16N2O3. The molecule has 0 bridgehead atoms. The topological polar surface area (TPSA) is 69.6 Å². The lowest BCUT2D eigenvalue weighted by Crippen LogP contribution is -2.48. The Balaban J connectivity index is 2.54. The second kappa shape index (κ2) is 4.41. The summed E-state index contributed by atoms with van der Waals surface area (Å²) >= 11 is 0. The van der Waals surface area contributed by atoms with Gasteiger partial charge in [0.2, 0.25) is 5.91 Å². The van der Waals surface area contributed by atoms with Crippen molar-refractivity contribution in [3.63, 3.8) is 0 Å². The Bertz CT molecular complexity index is 236. The van der Waals surface area contributed by atoms with Crippen molar-refractivity contribution < 1.29 is 14.7 Å². The number of nitrogens with zero attached hydrogens (tertiary/aromatic N) is 1. The quantitative estimate of drug-likeness (QED) is 0.654. The third kappa shape index (κ3) is 2.23. The Morgan fingerprint density at radius 2 is 2.21 bits per heavy atom. The van der Waals surface area contributed by atoms with E-state index in [0.717, 1.165) is 19.4 Å². The van der Waals surface area contributed by atoms with E-state index < -0.39 is 12.0 Å². The molecule has 1 fully saturated rings. The minimum Gasteiger partial charge on any atom is -0.480 e. The molecule has 80 valence electrons. The van der Waals surface area contributed by atoms with Gasteiger partial charge in [0, 0.05) is 7.05 Å². The zero-order chi connectivity index (χ0) is 10.7. The second-order valence-corrected chi connectivity index (χ2v) is 3.61. The van der Waals surface area contributed by atoms with Gasteiger partial charge in [-0.1, -0.05) is 0 Å². The molecule has 0 aromatic heterocycles. The summed E-state index contributed by atoms with van der Waals surface area (Å²) in [7, 11) is 1.53. The van der Waals surface area contributed by atoms with Crippen molar-refractivity contribution in [2.75, 3.05) is 13.6 Å². The van der Waals surface area contributed by atoms with E-state index >= 15 is 0 Å². The van der Waals surface area contributed by atoms with Gasteiger partial charge in [-0.2, -0.15) is 0 Å². The number of hydrogen-bond acceptors (Lipinski definition) is 3. The lowest BCUT2D eigenvalue weighted by molar-refractivity contribution is -0.148. The Labute approximate surface area is 83.1 Å². The number of aliphatic carboxylic acids is 1. The zero-order valence-corrected chi connectivity index (χ0v) is 8.49. The lowest BCUT2D eigenvalue weighted by atomic mass is 10.2. The molecule has 1 aliphatic heterocycles. The molecule has 0 aromatic rings. The highest BCUT2D eigenvalue weighted by molar-refractivity contribution is 5.86. The van der Waals surface area contributed by atoms with Crippen LogP contribution in [0.4, 0.5) is 0 Å². The number of amides is 1. The van der Waals surface area contributed by atoms with Crippen LogP contribution in [0.2, 0.25) is 0 Å². The largest absolute Gasteiger partial charge is 0.480 e. The molecule has 14 heavy (non-hydrogen) atoms. The van der Waals surface area contributed by atoms with Gasteiger partial charge in [-0.15, -0.1) is 0 Å². The average molecular weight is 200 g/mol. The summed E-state index contributed by atoms with van der Waals surface area (Å²) in [6.45, 7) is 2.35. The molecule has 0 radical (unpaired) electrons. The smallest absolute Gasteiger partial charge is 0.326 e. The molecule has 2 atom stereocenters. The van der Waals surface area contributed by atoms with Gasteiger partial charge in [0.05, 0.1) is 6.04 Å². The number of carboxylic acids is 1. The van der Waals surface area contributed by atoms with E-state index in [4.69, 9.17) is 5.11 Å². The third-order valence-corrected chi connectivity index (χ3v) is 2.64. The number of carbonyl (C=O) groups is 2. The van der Waals surface area contributed by atoms with Crippen LogP contribution >= 0.6 is 0 Å². The van der Waals surface area contributed by atoms with E-state index in [1.807, 2.05) is 0 Å². The fourth-order valence-corrected chi connectivity index (χ4v) is 1.50. The van der Waals surface area contributed by atoms with Gasteiger partial charge in [-0.25, -0.2) is 4.79 Å². The first kappa shape index (κ1) is 11.0. The molecule has 0 spiro atoms. The Kier molecular flexibility index (Phi) is 3.46. The maximum absolute atomic E-state index is 11.7. The van der Waals surface area contributed by atoms with Crippen LogP contribution in [0, 0.1) is 0 Å². The molecule has 1 aliphatic rings. The summed E-state index contributed by atoms with van der Waals surface area (Å²) in [5.74, 6) is -1.10. The highest BCUT2D eigenvalue weighted by Gasteiger charge is 2.29. The van der Waals surface area contributed by atoms with Gasteiger partial charge in [0.25, 0.3) is 0 Å². The van der Waals surface area contributed by atoms with E-state index in [9.17, 15) is 9.59 Å². The summed E-state index contributed by atoms with van der Waals surface area (Å²) in [6, 6.07) is -0.952. The maximum Gasteiger partial charge on any atom is 0.326 e. The van der Waals surface area contributed by atoms with Crippen LogP contribution in [-0.4, -0.2) is 47.6 Å². The van der Waals surface area contributed by atoms with E-state index in [0.29, 0.717) is 0 Å². The summed E-state index contributed by atoms with van der Waals surface area (Å²) < 4.78 is 0. The highest BCUT2D eigenvalue weighted by atomic mass is 16.4. The van der Waals surface area contributed by atoms with Crippen LogP contribution < -0.4 is 5.32 Å². The van der Waals surface area contributed by atoms with Crippen LogP contribution in [0.3, 0.4) is 0 Å². The minimum absolute atomic E-state index is 0.127. The number of carboxylic acid groups (broad SMARTS) is 1. The number of likely N-dealkylation sites (N-methyl/N-ethyl adjacent to an activating group) is 1. The molecule has 1 amide bonds. The van der Waals surface area contributed by atoms with Crippen molar-refractivity contribution in [3.05, 3.63) is 0 Å². The number of rotatable bonds is 3. The van der Waals surface area contributed by atoms with E-state index in [1.165, 1.54) is 18.9 Å². The molecule has 0 saturated carbocycles. The second-order valence-electron chi connectivity index (χ2n) is 3.61. The van der Waals surface area contributed by atoms with Gasteiger partial charge in [-0.05, 0) is 26.3 Å². The predicted octanol–water partition coefficient (Wildman–Crippen LogP) is -0.330. The van der Waals surface area contributed by atoms with Crippen LogP contribution in [0.1, 0.15) is 19.8 Å². The van der Waals surface area contributed by atoms with E-state index in [-0.39, 0.29) is 11.9 Å². The van der Waals surface area contributed by atoms with Gasteiger partial charge in [0.1, 0.15) is 6.04 Å². The third-order valence-electron chi connectivity index (χ3n) is 2.64. The fourth-order valence-electron chi connectivity index (χ4n) is 1.50. The Morgan fingerprint density at radius 3 is 2.64 bits per heavy atom. The zero-order valence-electron chi connectivity index (χ0n) is 8.49. The molecule has 2 N–H and O–H groups in total. The van der Waals surface area contributed by atoms with Crippen LogP contribution in [0.15, 0.2) is 0 Å². The van der Waals surface area contributed by atoms with Gasteiger partial charge >= 0.3 is 5.97 Å². The number of carbonyl (C=O) groups excluding carboxylic acids is 1. The number of nitrogens with one attached hydrogen (secondary N) is 1. The SMILES string of the molecule is CC(C(=O)O)N(C)C(=O)C1CCCN1. The fraction of sp³-hybridized carbons (Fsp3) is 0.778. The van der Waals surface area contributed by atoms with Crippen molar-refractivity contribution in [3.8, 4) is 0 Å². The molecular weight excluding hydrogens is 184 g/mol. The monoisotopic (exact) mass is 200 g/mol. The van der Waals surface area contributed by atoms with E-state index in [1.54, 1.807) is 0 Å². The molecule has 1 rings (SSSR count). The normalized spacial score (nSPS) is 23.1. The molecule has 2 unspecified atom stereocenters. The lowest BCUT2D eigenvalue weighted by Gasteiger charge is -2.24. The molecule has 0 aromatic carbocycles. The minimum atomic E-state index is -0.973. The first-order valence-electron chi connectivity index (χ1n) is 4.77. The first-order valence-corrected chi connectivity index (χ1v) is 4.77. The molecule has 1 heterocycles. The molecule has 0 aliphatic carbocycles. The summed E-state index contributed by atoms with van der Waals surface area (Å²) in [5, 5.41) is 11.8. The maximum atomic E-state index is 11.7. The number of hydrogen-bond donors (Lipinski definition) is 2. The summed E-state index contributed by atoms with van der Waals surface area (Å²) in [6.07, 6.45) is 1.78. The first-order chi connectivity index (χ1) is 6.54.